The molecule has 2 aliphatic heterocycles. The van der Waals surface area contributed by atoms with Crippen molar-refractivity contribution in [3.63, 3.8) is 0 Å². The number of rotatable bonds is 2. The van der Waals surface area contributed by atoms with Crippen LogP contribution in [0.3, 0.4) is 0 Å². The van der Waals surface area contributed by atoms with Crippen LogP contribution in [0.4, 0.5) is 0 Å². The molecule has 2 aliphatic rings. The first kappa shape index (κ1) is 18.4. The summed E-state index contributed by atoms with van der Waals surface area (Å²) in [6.45, 7) is 0. The average Bonchev–Trinajstić information content (AvgIpc) is 3.30. The van der Waals surface area contributed by atoms with Crippen molar-refractivity contribution in [2.45, 2.75) is 37.8 Å². The molecule has 4 aromatic rings. The van der Waals surface area contributed by atoms with Gasteiger partial charge in [0.25, 0.3) is 5.91 Å². The van der Waals surface area contributed by atoms with E-state index in [1.54, 1.807) is 6.20 Å². The molecule has 3 aromatic heterocycles. The maximum Gasteiger partial charge on any atom is 0.256 e. The highest BCUT2D eigenvalue weighted by Gasteiger charge is 2.44. The second kappa shape index (κ2) is 6.80. The molecular weight excluding hydrogens is 386 g/mol. The lowest BCUT2D eigenvalue weighted by Gasteiger charge is -2.45. The van der Waals surface area contributed by atoms with E-state index in [1.165, 1.54) is 16.8 Å². The van der Waals surface area contributed by atoms with E-state index >= 15 is 0 Å². The Morgan fingerprint density at radius 1 is 1.06 bits per heavy atom. The Kier molecular flexibility index (Phi) is 4.03. The van der Waals surface area contributed by atoms with E-state index in [-0.39, 0.29) is 18.0 Å². The molecule has 6 heteroatoms. The van der Waals surface area contributed by atoms with Gasteiger partial charge in [0.05, 0.1) is 23.0 Å². The molecule has 2 atom stereocenters. The van der Waals surface area contributed by atoms with Gasteiger partial charge < -0.3 is 9.47 Å². The summed E-state index contributed by atoms with van der Waals surface area (Å²) in [6, 6.07) is 14.6. The Hall–Kier alpha value is -3.41. The summed E-state index contributed by atoms with van der Waals surface area (Å²) < 4.78 is 3.95. The number of hydrogen-bond donors (Lipinski definition) is 0. The van der Waals surface area contributed by atoms with Crippen molar-refractivity contribution in [1.29, 1.82) is 0 Å². The highest BCUT2D eigenvalue weighted by atomic mass is 16.2. The van der Waals surface area contributed by atoms with Crippen LogP contribution in [0.25, 0.3) is 22.3 Å². The molecule has 1 fully saturated rings. The molecule has 6 rings (SSSR count). The molecule has 1 saturated heterocycles. The molecule has 0 radical (unpaired) electrons. The van der Waals surface area contributed by atoms with Gasteiger partial charge in [-0.2, -0.15) is 5.10 Å². The van der Waals surface area contributed by atoms with Crippen LogP contribution in [0.15, 0.2) is 54.9 Å². The predicted molar refractivity (Wildman–Crippen MR) is 120 cm³/mol. The number of nitrogens with zero attached hydrogens (tertiary/aromatic N) is 5. The Morgan fingerprint density at radius 3 is 2.74 bits per heavy atom. The minimum absolute atomic E-state index is 0.0330. The largest absolute Gasteiger partial charge is 0.335 e. The van der Waals surface area contributed by atoms with Gasteiger partial charge in [-0.05, 0) is 37.8 Å². The summed E-state index contributed by atoms with van der Waals surface area (Å²) in [7, 11) is 3.97. The minimum Gasteiger partial charge on any atom is -0.335 e. The minimum atomic E-state index is 0.0330. The Morgan fingerprint density at radius 2 is 1.90 bits per heavy atom. The highest BCUT2D eigenvalue weighted by Crippen LogP contribution is 2.45. The standard InChI is InChI=1S/C25H25N5O/c1-28-15-20(18-11-7-13-26-24(18)28)25(31)30-17-10-6-12-21(30)22-19(14-17)23(29(2)27-22)16-8-4-3-5-9-16/h3-5,7-9,11,13,15,17,21H,6,10,12,14H2,1-2H3. The first-order chi connectivity index (χ1) is 15.1. The monoisotopic (exact) mass is 411 g/mol. The number of aromatic nitrogens is 4. The van der Waals surface area contributed by atoms with E-state index in [2.05, 4.69) is 34.1 Å². The molecule has 0 saturated carbocycles. The molecule has 1 amide bonds. The van der Waals surface area contributed by atoms with Crippen molar-refractivity contribution in [2.75, 3.05) is 0 Å². The quantitative estimate of drug-likeness (QED) is 0.495. The molecule has 2 bridgehead atoms. The third-order valence-electron chi connectivity index (χ3n) is 6.92. The number of carbonyl (C=O) groups is 1. The second-order valence-electron chi connectivity index (χ2n) is 8.75. The Bertz CT molecular complexity index is 1300. The Balaban J connectivity index is 1.46. The number of carbonyl (C=O) groups excluding carboxylic acids is 1. The normalized spacial score (nSPS) is 20.1. The summed E-state index contributed by atoms with van der Waals surface area (Å²) in [4.78, 5) is 20.4. The maximum atomic E-state index is 13.9. The molecule has 0 aliphatic carbocycles. The van der Waals surface area contributed by atoms with Crippen molar-refractivity contribution in [3.8, 4) is 11.3 Å². The van der Waals surface area contributed by atoms with Crippen LogP contribution in [0.2, 0.25) is 0 Å². The van der Waals surface area contributed by atoms with Gasteiger partial charge >= 0.3 is 0 Å². The molecule has 156 valence electrons. The van der Waals surface area contributed by atoms with Gasteiger partial charge in [-0.25, -0.2) is 4.98 Å². The smallest absolute Gasteiger partial charge is 0.256 e. The van der Waals surface area contributed by atoms with Crippen molar-refractivity contribution in [3.05, 3.63) is 71.7 Å². The fourth-order valence-corrected chi connectivity index (χ4v) is 5.63. The number of hydrogen-bond acceptors (Lipinski definition) is 3. The Labute approximate surface area is 181 Å². The van der Waals surface area contributed by atoms with Crippen LogP contribution in [0.5, 0.6) is 0 Å². The lowest BCUT2D eigenvalue weighted by molar-refractivity contribution is 0.0393. The number of piperidine rings is 1. The van der Waals surface area contributed by atoms with Gasteiger partial charge in [-0.3, -0.25) is 9.48 Å². The van der Waals surface area contributed by atoms with E-state index in [0.717, 1.165) is 48.0 Å². The van der Waals surface area contributed by atoms with Crippen molar-refractivity contribution >= 4 is 16.9 Å². The van der Waals surface area contributed by atoms with E-state index in [9.17, 15) is 4.79 Å². The first-order valence-electron chi connectivity index (χ1n) is 11.0. The van der Waals surface area contributed by atoms with Crippen LogP contribution in [0, 0.1) is 0 Å². The van der Waals surface area contributed by atoms with Gasteiger partial charge in [-0.1, -0.05) is 30.3 Å². The number of pyridine rings is 1. The fourth-order valence-electron chi connectivity index (χ4n) is 5.63. The van der Waals surface area contributed by atoms with Crippen molar-refractivity contribution < 1.29 is 4.79 Å². The van der Waals surface area contributed by atoms with Crippen LogP contribution in [-0.4, -0.2) is 36.2 Å². The molecule has 5 heterocycles. The zero-order valence-electron chi connectivity index (χ0n) is 17.8. The third kappa shape index (κ3) is 2.67. The summed E-state index contributed by atoms with van der Waals surface area (Å²) in [5.74, 6) is 0.103. The summed E-state index contributed by atoms with van der Waals surface area (Å²) >= 11 is 0. The summed E-state index contributed by atoms with van der Waals surface area (Å²) in [5, 5.41) is 5.87. The molecule has 31 heavy (non-hydrogen) atoms. The molecule has 1 aromatic carbocycles. The number of amides is 1. The number of benzene rings is 1. The number of fused-ring (bicyclic) bond motifs is 5. The maximum absolute atomic E-state index is 13.9. The van der Waals surface area contributed by atoms with Crippen molar-refractivity contribution in [1.82, 2.24) is 24.2 Å². The fraction of sp³-hybridized carbons (Fsp3) is 0.320. The lowest BCUT2D eigenvalue weighted by atomic mass is 9.81. The first-order valence-corrected chi connectivity index (χ1v) is 11.0. The van der Waals surface area contributed by atoms with E-state index < -0.39 is 0 Å². The van der Waals surface area contributed by atoms with Gasteiger partial charge in [-0.15, -0.1) is 0 Å². The molecule has 2 unspecified atom stereocenters. The predicted octanol–water partition coefficient (Wildman–Crippen LogP) is 4.27. The van der Waals surface area contributed by atoms with Gasteiger partial charge in [0.15, 0.2) is 0 Å². The van der Waals surface area contributed by atoms with Gasteiger partial charge in [0.2, 0.25) is 0 Å². The molecule has 0 N–H and O–H groups in total. The SMILES string of the molecule is Cn1nc2c(c1-c1ccccc1)CC1CCCC2N1C(=O)c1cn(C)c2ncccc12. The summed E-state index contributed by atoms with van der Waals surface area (Å²) in [6.07, 6.45) is 7.69. The summed E-state index contributed by atoms with van der Waals surface area (Å²) in [5.41, 5.74) is 6.35. The molecule has 6 nitrogen and oxygen atoms in total. The van der Waals surface area contributed by atoms with Crippen LogP contribution in [0.1, 0.15) is 46.9 Å². The van der Waals surface area contributed by atoms with E-state index in [1.807, 2.05) is 47.7 Å². The molecular formula is C25H25N5O. The van der Waals surface area contributed by atoms with E-state index in [4.69, 9.17) is 5.10 Å². The molecule has 0 spiro atoms. The van der Waals surface area contributed by atoms with Crippen LogP contribution < -0.4 is 0 Å². The van der Waals surface area contributed by atoms with Gasteiger partial charge in [0, 0.05) is 49.0 Å². The van der Waals surface area contributed by atoms with Crippen LogP contribution in [-0.2, 0) is 20.5 Å². The zero-order valence-corrected chi connectivity index (χ0v) is 17.8. The highest BCUT2D eigenvalue weighted by molar-refractivity contribution is 6.06. The zero-order chi connectivity index (χ0) is 21.1. The lowest BCUT2D eigenvalue weighted by Crippen LogP contribution is -2.49. The van der Waals surface area contributed by atoms with Crippen molar-refractivity contribution in [2.24, 2.45) is 14.1 Å². The third-order valence-corrected chi connectivity index (χ3v) is 6.92. The van der Waals surface area contributed by atoms with Crippen LogP contribution >= 0.6 is 0 Å². The second-order valence-corrected chi connectivity index (χ2v) is 8.75. The van der Waals surface area contributed by atoms with E-state index in [0.29, 0.717) is 0 Å². The number of aryl methyl sites for hydroxylation is 2. The average molecular weight is 412 g/mol. The van der Waals surface area contributed by atoms with Gasteiger partial charge in [0.1, 0.15) is 5.65 Å². The topological polar surface area (TPSA) is 56.0 Å².